The molecule has 3 rings (SSSR count). The summed E-state index contributed by atoms with van der Waals surface area (Å²) >= 11 is 0. The number of nitrogens with one attached hydrogen (secondary N) is 1. The summed E-state index contributed by atoms with van der Waals surface area (Å²) in [5.41, 5.74) is 2.19. The van der Waals surface area contributed by atoms with Gasteiger partial charge in [-0.05, 0) is 60.9 Å². The van der Waals surface area contributed by atoms with Gasteiger partial charge in [-0.3, -0.25) is 0 Å². The van der Waals surface area contributed by atoms with Gasteiger partial charge in [-0.2, -0.15) is 22.0 Å². The van der Waals surface area contributed by atoms with Crippen LogP contribution in [0.2, 0.25) is 0 Å². The van der Waals surface area contributed by atoms with Crippen molar-refractivity contribution in [3.05, 3.63) is 53.6 Å². The lowest BCUT2D eigenvalue weighted by molar-refractivity contribution is -0.284. The van der Waals surface area contributed by atoms with Crippen LogP contribution in [0.4, 0.5) is 22.0 Å². The molecule has 0 saturated carbocycles. The number of alkyl halides is 5. The molecule has 2 unspecified atom stereocenters. The van der Waals surface area contributed by atoms with E-state index in [1.807, 2.05) is 18.2 Å². The molecule has 230 valence electrons. The van der Waals surface area contributed by atoms with Gasteiger partial charge < -0.3 is 14.9 Å². The van der Waals surface area contributed by atoms with Crippen LogP contribution < -0.4 is 9.46 Å². The number of phenolic OH excluding ortho intramolecular Hbond substituents is 2. The average Bonchev–Trinajstić information content (AvgIpc) is 2.88. The number of benzene rings is 2. The fourth-order valence-corrected chi connectivity index (χ4v) is 6.29. The second kappa shape index (κ2) is 14.5. The van der Waals surface area contributed by atoms with Gasteiger partial charge in [-0.15, -0.1) is 0 Å². The first-order valence-electron chi connectivity index (χ1n) is 13.9. The molecule has 2 aromatic carbocycles. The number of ether oxygens (including phenoxy) is 1. The smallest absolute Gasteiger partial charge is 0.453 e. The van der Waals surface area contributed by atoms with Crippen molar-refractivity contribution < 1.29 is 45.3 Å². The van der Waals surface area contributed by atoms with Crippen LogP contribution in [-0.4, -0.2) is 49.6 Å². The minimum absolute atomic E-state index is 0.114. The van der Waals surface area contributed by atoms with E-state index in [1.165, 1.54) is 0 Å². The van der Waals surface area contributed by atoms with Gasteiger partial charge in [0.2, 0.25) is 10.0 Å². The lowest BCUT2D eigenvalue weighted by atomic mass is 9.77. The van der Waals surface area contributed by atoms with E-state index in [4.69, 9.17) is 4.74 Å². The minimum Gasteiger partial charge on any atom is -0.508 e. The zero-order valence-electron chi connectivity index (χ0n) is 22.8. The predicted octanol–water partition coefficient (Wildman–Crippen LogP) is 7.06. The molecule has 0 spiro atoms. The maximum Gasteiger partial charge on any atom is 0.453 e. The molecule has 1 aliphatic heterocycles. The number of phenols is 2. The Kier molecular flexibility index (Phi) is 11.7. The number of halogens is 5. The van der Waals surface area contributed by atoms with Crippen molar-refractivity contribution in [3.63, 3.8) is 0 Å². The third-order valence-corrected chi connectivity index (χ3v) is 8.91. The van der Waals surface area contributed by atoms with Crippen molar-refractivity contribution in [3.8, 4) is 17.2 Å². The molecule has 0 radical (unpaired) electrons. The van der Waals surface area contributed by atoms with Crippen molar-refractivity contribution >= 4 is 10.0 Å². The monoisotopic (exact) mass is 607 g/mol. The number of rotatable bonds is 16. The van der Waals surface area contributed by atoms with Gasteiger partial charge >= 0.3 is 12.1 Å². The highest BCUT2D eigenvalue weighted by Crippen LogP contribution is 2.43. The van der Waals surface area contributed by atoms with Crippen LogP contribution in [0.1, 0.15) is 74.8 Å². The van der Waals surface area contributed by atoms with Crippen LogP contribution in [0, 0.1) is 5.92 Å². The van der Waals surface area contributed by atoms with Crippen molar-refractivity contribution in [2.75, 3.05) is 18.9 Å². The zero-order valence-corrected chi connectivity index (χ0v) is 23.6. The highest BCUT2D eigenvalue weighted by molar-refractivity contribution is 7.89. The Bertz CT molecular complexity index is 1210. The van der Waals surface area contributed by atoms with Gasteiger partial charge in [0.1, 0.15) is 17.2 Å². The topological polar surface area (TPSA) is 95.9 Å². The van der Waals surface area contributed by atoms with Crippen molar-refractivity contribution in [2.24, 2.45) is 5.92 Å². The molecule has 0 aromatic heterocycles. The quantitative estimate of drug-likeness (QED) is 0.140. The molecule has 0 fully saturated rings. The molecule has 1 heterocycles. The highest BCUT2D eigenvalue weighted by atomic mass is 32.2. The summed E-state index contributed by atoms with van der Waals surface area (Å²) in [7, 11) is -3.91. The van der Waals surface area contributed by atoms with Crippen LogP contribution in [0.25, 0.3) is 0 Å². The van der Waals surface area contributed by atoms with Gasteiger partial charge in [0, 0.05) is 24.9 Å². The number of aromatic hydroxyl groups is 2. The molecular formula is C29H38F5NO5S. The standard InChI is InChI=1S/C29H38F5NO5S/c30-28(31,29(32,33)34)15-7-17-41(38,39)35-16-6-4-2-1-3-5-8-25-22(18-21-9-11-23(36)12-10-21)20-40-27-19-24(37)13-14-26(25)27/h9-14,19,22,25,35-37H,1-8,15-18,20H2. The Morgan fingerprint density at radius 1 is 0.854 bits per heavy atom. The van der Waals surface area contributed by atoms with Crippen molar-refractivity contribution in [1.82, 2.24) is 4.72 Å². The van der Waals surface area contributed by atoms with E-state index < -0.39 is 40.7 Å². The zero-order chi connectivity index (χ0) is 30.1. The van der Waals surface area contributed by atoms with Gasteiger partial charge in [-0.1, -0.05) is 50.3 Å². The van der Waals surface area contributed by atoms with Crippen molar-refractivity contribution in [2.45, 2.75) is 82.2 Å². The number of hydrogen-bond donors (Lipinski definition) is 3. The van der Waals surface area contributed by atoms with E-state index in [9.17, 15) is 40.6 Å². The molecular weight excluding hydrogens is 569 g/mol. The van der Waals surface area contributed by atoms with E-state index in [1.54, 1.807) is 24.3 Å². The first-order chi connectivity index (χ1) is 19.3. The number of hydrogen-bond acceptors (Lipinski definition) is 5. The number of unbranched alkanes of at least 4 members (excludes halogenated alkanes) is 5. The molecule has 0 aliphatic carbocycles. The summed E-state index contributed by atoms with van der Waals surface area (Å²) < 4.78 is 94.4. The summed E-state index contributed by atoms with van der Waals surface area (Å²) in [6.07, 6.45) is -1.18. The van der Waals surface area contributed by atoms with Gasteiger partial charge in [-0.25, -0.2) is 13.1 Å². The third-order valence-electron chi connectivity index (χ3n) is 7.44. The van der Waals surface area contributed by atoms with E-state index in [0.29, 0.717) is 18.8 Å². The fraction of sp³-hybridized carbons (Fsp3) is 0.586. The predicted molar refractivity (Wildman–Crippen MR) is 146 cm³/mol. The Labute approximate surface area is 238 Å². The number of sulfonamides is 1. The first kappa shape index (κ1) is 32.9. The third kappa shape index (κ3) is 10.3. The van der Waals surface area contributed by atoms with Crippen LogP contribution in [0.3, 0.4) is 0 Å². The van der Waals surface area contributed by atoms with Gasteiger partial charge in [0.15, 0.2) is 0 Å². The largest absolute Gasteiger partial charge is 0.508 e. The molecule has 0 saturated heterocycles. The molecule has 6 nitrogen and oxygen atoms in total. The number of fused-ring (bicyclic) bond motifs is 1. The maximum absolute atomic E-state index is 12.9. The summed E-state index contributed by atoms with van der Waals surface area (Å²) in [6, 6.07) is 12.4. The lowest BCUT2D eigenvalue weighted by Gasteiger charge is -2.34. The maximum atomic E-state index is 12.9. The highest BCUT2D eigenvalue weighted by Gasteiger charge is 2.56. The molecule has 1 aliphatic rings. The minimum atomic E-state index is -5.68. The van der Waals surface area contributed by atoms with E-state index in [0.717, 1.165) is 56.1 Å². The summed E-state index contributed by atoms with van der Waals surface area (Å²) in [5, 5.41) is 19.5. The Morgan fingerprint density at radius 2 is 1.49 bits per heavy atom. The Morgan fingerprint density at radius 3 is 2.17 bits per heavy atom. The van der Waals surface area contributed by atoms with Crippen molar-refractivity contribution in [1.29, 1.82) is 0 Å². The van der Waals surface area contributed by atoms with Crippen LogP contribution in [0.5, 0.6) is 17.2 Å². The SMILES string of the molecule is O=S(=O)(CCCC(F)(F)C(F)(F)F)NCCCCCCCCC1c2ccc(O)cc2OCC1Cc1ccc(O)cc1. The van der Waals surface area contributed by atoms with E-state index in [2.05, 4.69) is 4.72 Å². The lowest BCUT2D eigenvalue weighted by Crippen LogP contribution is -2.37. The molecule has 2 aromatic rings. The van der Waals surface area contributed by atoms with E-state index in [-0.39, 0.29) is 29.9 Å². The summed E-state index contributed by atoms with van der Waals surface area (Å²) in [5.74, 6) is -4.11. The molecule has 0 amide bonds. The Balaban J connectivity index is 1.36. The summed E-state index contributed by atoms with van der Waals surface area (Å²) in [6.45, 7) is 0.644. The van der Waals surface area contributed by atoms with Crippen LogP contribution in [-0.2, 0) is 16.4 Å². The molecule has 0 bridgehead atoms. The molecule has 41 heavy (non-hydrogen) atoms. The molecule has 12 heteroatoms. The fourth-order valence-electron chi connectivity index (χ4n) is 5.17. The molecule has 2 atom stereocenters. The normalized spacial score (nSPS) is 17.7. The van der Waals surface area contributed by atoms with Crippen LogP contribution in [0.15, 0.2) is 42.5 Å². The van der Waals surface area contributed by atoms with Gasteiger partial charge in [0.05, 0.1) is 12.4 Å². The van der Waals surface area contributed by atoms with Gasteiger partial charge in [0.25, 0.3) is 0 Å². The molecule has 3 N–H and O–H groups in total. The van der Waals surface area contributed by atoms with Crippen LogP contribution >= 0.6 is 0 Å². The second-order valence-corrected chi connectivity index (χ2v) is 12.6. The average molecular weight is 608 g/mol. The second-order valence-electron chi connectivity index (χ2n) is 10.7. The Hall–Kier alpha value is -2.60. The summed E-state index contributed by atoms with van der Waals surface area (Å²) in [4.78, 5) is 0. The first-order valence-corrected chi connectivity index (χ1v) is 15.6. The van der Waals surface area contributed by atoms with E-state index >= 15 is 0 Å².